The third kappa shape index (κ3) is 23.6. The number of benzene rings is 9. The molecule has 15 N–H and O–H groups in total. The molecule has 25 nitrogen and oxygen atoms in total. The van der Waals surface area contributed by atoms with E-state index in [1.165, 1.54) is 89.7 Å². The highest BCUT2D eigenvalue weighted by atomic mass is 19.1. The summed E-state index contributed by atoms with van der Waals surface area (Å²) in [4.78, 5) is 35.5. The second-order valence-electron chi connectivity index (χ2n) is 30.6. The van der Waals surface area contributed by atoms with E-state index < -0.39 is 29.5 Å². The number of amides is 1. The van der Waals surface area contributed by atoms with Crippen LogP contribution in [-0.2, 0) is 0 Å². The number of hydrogen-bond donors (Lipinski definition) is 12. The number of nitrogens with two attached hydrogens (primary N) is 3. The Morgan fingerprint density at radius 3 is 1.11 bits per heavy atom. The number of aromatic carboxylic acids is 2. The van der Waals surface area contributed by atoms with Crippen molar-refractivity contribution >= 4 is 46.6 Å². The molecule has 3 atom stereocenters. The molecule has 618 valence electrons. The Bertz CT molecular complexity index is 6030. The first-order chi connectivity index (χ1) is 58.8. The lowest BCUT2D eigenvalue weighted by Gasteiger charge is -2.21. The smallest absolute Gasteiger partial charge is 0.354 e. The first-order valence-corrected chi connectivity index (χ1v) is 39.8. The monoisotopic (exact) mass is 1640 g/mol. The molecule has 4 saturated carbocycles. The van der Waals surface area contributed by atoms with Gasteiger partial charge in [-0.25, -0.2) is 36.8 Å². The van der Waals surface area contributed by atoms with E-state index in [-0.39, 0.29) is 64.1 Å². The fraction of sp³-hybridized carbons (Fsp3) is 0.234. The van der Waals surface area contributed by atoms with Gasteiger partial charge in [0, 0.05) is 17.7 Å². The number of aromatic nitrogens is 6. The molecule has 4 aliphatic carbocycles. The van der Waals surface area contributed by atoms with Gasteiger partial charge in [0.25, 0.3) is 5.91 Å². The molecule has 3 heterocycles. The SMILES string of the molecule is Cc1cc(C(=O)Nc2cc(C(NCC3CC3)c3cccc(C#N)c3)ccc2F)n(-c2cccc(C(=N)N)c2)n1.Cc1cc(C(=O)O)n(-c2cccc(C#N)c2)n1.Cc1cc(C(=O)O)n(-c2cccc(C(=N)N)c2)n1.N#Cc1cccc([C@@H](NCC2CC2)c2ccc(F)c(N)c2)c1.N#Cc1cccc([C@@H](NCC2CC2)c2ccc(F)c(NCC3CC3)c2)c1. The van der Waals surface area contributed by atoms with Crippen molar-refractivity contribution in [2.24, 2.45) is 35.1 Å². The van der Waals surface area contributed by atoms with Crippen LogP contribution in [-0.4, -0.2) is 95.3 Å². The normalized spacial score (nSPS) is 13.7. The van der Waals surface area contributed by atoms with E-state index in [2.05, 4.69) is 60.1 Å². The number of anilines is 3. The van der Waals surface area contributed by atoms with Crippen molar-refractivity contribution in [3.63, 3.8) is 0 Å². The van der Waals surface area contributed by atoms with Crippen molar-refractivity contribution in [2.45, 2.75) is 90.3 Å². The molecule has 1 amide bonds. The standard InChI is InChI=1S/C30H28FN7O.C22H24FN3.C18H18FN3.C12H12N4O2.C12H9N3O2/c1-18-12-27(38(37-18)24-7-3-6-23(14-24)29(33)34)30(39)36-26-15-22(10-11-25(26)31)28(35-17-19-8-9-19)21-5-2-4-20(13-21)16-32;23-20-9-8-19(11-21(20)25-13-15-4-5-15)22(26-14-16-6-7-16)18-3-1-2-17(10-18)12-24;19-16-7-6-15(9-17(16)21)18(22-11-12-4-5-12)14-3-1-2-13(8-14)10-20;1-7-5-10(12(17)18)16(15-7)9-4-2-3-8(6-9)11(13)14;1-8-5-11(12(16)17)15(14-8)10-4-2-3-9(6-10)7-13/h2-7,10-15,19,28,35H,8-9,17H2,1H3,(H3,33,34)(H,36,39);1-3,8-11,15-16,22,25-26H,4-7,13-14H2;1-3,6-9,12,18,22H,4-5,11,21H2;2-6H,1H3,(H3,13,14)(H,17,18);2-6H,1H3,(H,16,17)/t;22-;18-;;/m.11../s1. The Kier molecular flexibility index (Phi) is 28.4. The Hall–Kier alpha value is -14.8. The van der Waals surface area contributed by atoms with Gasteiger partial charge in [-0.05, 0) is 282 Å². The zero-order valence-electron chi connectivity index (χ0n) is 67.3. The number of halogens is 3. The Labute approximate surface area is 703 Å². The van der Waals surface area contributed by atoms with Crippen LogP contribution in [0.25, 0.3) is 17.1 Å². The quantitative estimate of drug-likeness (QED) is 0.0129. The minimum atomic E-state index is -1.05. The minimum Gasteiger partial charge on any atom is -0.477 e. The van der Waals surface area contributed by atoms with Crippen molar-refractivity contribution < 1.29 is 37.8 Å². The average molecular weight is 1640 g/mol. The van der Waals surface area contributed by atoms with Crippen molar-refractivity contribution in [3.8, 4) is 41.3 Å². The van der Waals surface area contributed by atoms with Crippen LogP contribution < -0.4 is 43.8 Å². The number of rotatable bonds is 27. The van der Waals surface area contributed by atoms with E-state index in [1.54, 1.807) is 142 Å². The summed E-state index contributed by atoms with van der Waals surface area (Å²) in [6, 6.07) is 70.2. The lowest BCUT2D eigenvalue weighted by molar-refractivity contribution is 0.0676. The van der Waals surface area contributed by atoms with Gasteiger partial charge in [0.15, 0.2) is 11.4 Å². The molecule has 12 aromatic rings. The first-order valence-electron chi connectivity index (χ1n) is 39.8. The number of nitriles is 4. The maximum Gasteiger partial charge on any atom is 0.354 e. The molecule has 122 heavy (non-hydrogen) atoms. The lowest BCUT2D eigenvalue weighted by Crippen LogP contribution is -2.25. The van der Waals surface area contributed by atoms with Gasteiger partial charge >= 0.3 is 11.9 Å². The van der Waals surface area contributed by atoms with Crippen molar-refractivity contribution in [3.05, 3.63) is 337 Å². The van der Waals surface area contributed by atoms with Crippen LogP contribution in [0.5, 0.6) is 0 Å². The Morgan fingerprint density at radius 1 is 0.418 bits per heavy atom. The van der Waals surface area contributed by atoms with E-state index >= 15 is 0 Å². The molecule has 4 aliphatic rings. The zero-order valence-corrected chi connectivity index (χ0v) is 67.3. The summed E-state index contributed by atoms with van der Waals surface area (Å²) in [5.74, 6) is -1.23. The van der Waals surface area contributed by atoms with Gasteiger partial charge in [-0.1, -0.05) is 84.9 Å². The first kappa shape index (κ1) is 86.5. The molecule has 0 aliphatic heterocycles. The van der Waals surface area contributed by atoms with E-state index in [4.69, 9.17) is 48.8 Å². The molecule has 0 bridgehead atoms. The van der Waals surface area contributed by atoms with E-state index in [0.717, 1.165) is 71.4 Å². The molecule has 28 heteroatoms. The predicted octanol–water partition coefficient (Wildman–Crippen LogP) is 15.7. The van der Waals surface area contributed by atoms with Crippen LogP contribution in [0.3, 0.4) is 0 Å². The van der Waals surface area contributed by atoms with Gasteiger partial charge in [-0.3, -0.25) is 15.6 Å². The van der Waals surface area contributed by atoms with Crippen LogP contribution in [0.1, 0.15) is 185 Å². The number of carbonyl (C=O) groups excluding carboxylic acids is 1. The third-order valence-electron chi connectivity index (χ3n) is 20.7. The van der Waals surface area contributed by atoms with Crippen molar-refractivity contribution in [1.29, 1.82) is 31.9 Å². The number of aryl methyl sites for hydroxylation is 3. The summed E-state index contributed by atoms with van der Waals surface area (Å²) >= 11 is 0. The van der Waals surface area contributed by atoms with Gasteiger partial charge in [0.2, 0.25) is 0 Å². The fourth-order valence-electron chi connectivity index (χ4n) is 13.5. The molecular weight excluding hydrogens is 1550 g/mol. The molecule has 9 aromatic carbocycles. The van der Waals surface area contributed by atoms with Crippen molar-refractivity contribution in [1.82, 2.24) is 45.3 Å². The number of carboxylic acids is 2. The number of carboxylic acid groups (broad SMARTS) is 2. The molecule has 4 fully saturated rings. The highest BCUT2D eigenvalue weighted by Gasteiger charge is 2.29. The summed E-state index contributed by atoms with van der Waals surface area (Å²) in [7, 11) is 0. The molecule has 0 spiro atoms. The van der Waals surface area contributed by atoms with Crippen LogP contribution in [0.15, 0.2) is 218 Å². The summed E-state index contributed by atoms with van der Waals surface area (Å²) in [6.45, 7) is 8.70. The van der Waals surface area contributed by atoms with E-state index in [1.807, 2.05) is 78.9 Å². The summed E-state index contributed by atoms with van der Waals surface area (Å²) in [5, 5.41) is 99.1. The molecule has 0 radical (unpaired) electrons. The van der Waals surface area contributed by atoms with E-state index in [9.17, 15) is 38.1 Å². The Balaban J connectivity index is 0.000000145. The van der Waals surface area contributed by atoms with Crippen molar-refractivity contribution in [2.75, 3.05) is 42.5 Å². The molecule has 1 unspecified atom stereocenters. The van der Waals surface area contributed by atoms with E-state index in [0.29, 0.717) is 85.0 Å². The van der Waals surface area contributed by atoms with Gasteiger partial charge in [0.05, 0.1) is 116 Å². The van der Waals surface area contributed by atoms with Crippen LogP contribution in [0.2, 0.25) is 0 Å². The molecule has 16 rings (SSSR count). The summed E-state index contributed by atoms with van der Waals surface area (Å²) in [6.07, 6.45) is 9.87. The number of hydrogen-bond acceptors (Lipinski definition) is 17. The topological polar surface area (TPSA) is 426 Å². The lowest BCUT2D eigenvalue weighted by atomic mass is 9.96. The summed E-state index contributed by atoms with van der Waals surface area (Å²) in [5.41, 5.74) is 30.3. The zero-order chi connectivity index (χ0) is 86.7. The second-order valence-corrected chi connectivity index (χ2v) is 30.6. The molecular formula is C94H91F3N20O5. The van der Waals surface area contributed by atoms with Crippen LogP contribution >= 0.6 is 0 Å². The van der Waals surface area contributed by atoms with Crippen LogP contribution in [0.4, 0.5) is 30.2 Å². The maximum absolute atomic E-state index is 15.0. The largest absolute Gasteiger partial charge is 0.477 e. The highest BCUT2D eigenvalue weighted by Crippen LogP contribution is 2.37. The van der Waals surface area contributed by atoms with Gasteiger partial charge in [-0.15, -0.1) is 0 Å². The van der Waals surface area contributed by atoms with Gasteiger partial charge in [-0.2, -0.15) is 36.3 Å². The maximum atomic E-state index is 15.0. The predicted molar refractivity (Wildman–Crippen MR) is 460 cm³/mol. The van der Waals surface area contributed by atoms with Gasteiger partial charge in [0.1, 0.15) is 34.8 Å². The highest BCUT2D eigenvalue weighted by molar-refractivity contribution is 6.04. The van der Waals surface area contributed by atoms with Crippen LogP contribution in [0, 0.1) is 118 Å². The molecule has 0 saturated heterocycles. The van der Waals surface area contributed by atoms with Gasteiger partial charge < -0.3 is 54.0 Å². The fourth-order valence-corrected chi connectivity index (χ4v) is 13.5. The number of nitrogens with zero attached hydrogens (tertiary/aromatic N) is 10. The number of carbonyl (C=O) groups is 3. The Morgan fingerprint density at radius 2 is 0.738 bits per heavy atom. The third-order valence-corrected chi connectivity index (χ3v) is 20.7. The number of nitrogen functional groups attached to an aromatic ring is 3. The molecule has 3 aromatic heterocycles. The summed E-state index contributed by atoms with van der Waals surface area (Å²) < 4.78 is 46.7. The average Bonchev–Trinajstić information content (AvgIpc) is 1.59. The number of nitrogens with one attached hydrogen (secondary N) is 7. The minimum absolute atomic E-state index is 0.0361. The number of amidine groups is 2. The second kappa shape index (κ2) is 40.1.